The van der Waals surface area contributed by atoms with Crippen LogP contribution in [0.25, 0.3) is 0 Å². The van der Waals surface area contributed by atoms with Gasteiger partial charge in [0.05, 0.1) is 0 Å². The summed E-state index contributed by atoms with van der Waals surface area (Å²) in [7, 11) is 0. The maximum atomic E-state index is 11.6. The van der Waals surface area contributed by atoms with Crippen LogP contribution in [0.15, 0.2) is 30.3 Å². The standard InChI is InChI=1S/C21H32N2O2/c1-21(2,3)23(20(24)25)17-11-9-15(10-12-17)14-22-19-13-18(19)16-7-5-4-6-8-16/h4-8,15,17-19,22H,9-14H2,1-3H3,(H,24,25)/t15-,17-,18-,19+/m0/s1. The molecule has 0 heterocycles. The predicted molar refractivity (Wildman–Crippen MR) is 101 cm³/mol. The van der Waals surface area contributed by atoms with Crippen LogP contribution < -0.4 is 5.32 Å². The van der Waals surface area contributed by atoms with Crippen molar-refractivity contribution in [3.05, 3.63) is 35.9 Å². The van der Waals surface area contributed by atoms with Gasteiger partial charge >= 0.3 is 6.09 Å². The summed E-state index contributed by atoms with van der Waals surface area (Å²) in [5.74, 6) is 1.37. The topological polar surface area (TPSA) is 52.6 Å². The molecule has 1 aromatic rings. The highest BCUT2D eigenvalue weighted by Crippen LogP contribution is 2.41. The van der Waals surface area contributed by atoms with Crippen molar-refractivity contribution in [3.8, 4) is 0 Å². The zero-order valence-electron chi connectivity index (χ0n) is 15.7. The molecule has 2 atom stereocenters. The molecule has 2 N–H and O–H groups in total. The molecule has 25 heavy (non-hydrogen) atoms. The van der Waals surface area contributed by atoms with Crippen molar-refractivity contribution in [2.75, 3.05) is 6.54 Å². The lowest BCUT2D eigenvalue weighted by Gasteiger charge is -2.42. The second kappa shape index (κ2) is 7.36. The van der Waals surface area contributed by atoms with E-state index in [2.05, 4.69) is 35.6 Å². The molecule has 0 unspecified atom stereocenters. The van der Waals surface area contributed by atoms with Gasteiger partial charge in [0.1, 0.15) is 0 Å². The van der Waals surface area contributed by atoms with E-state index in [1.54, 1.807) is 4.90 Å². The van der Waals surface area contributed by atoms with Crippen LogP contribution in [0, 0.1) is 5.92 Å². The molecule has 138 valence electrons. The first-order chi connectivity index (χ1) is 11.9. The largest absolute Gasteiger partial charge is 0.465 e. The average molecular weight is 344 g/mol. The van der Waals surface area contributed by atoms with E-state index in [-0.39, 0.29) is 11.6 Å². The van der Waals surface area contributed by atoms with E-state index in [1.165, 1.54) is 12.0 Å². The van der Waals surface area contributed by atoms with Crippen LogP contribution in [-0.4, -0.2) is 40.3 Å². The van der Waals surface area contributed by atoms with Crippen LogP contribution in [0.5, 0.6) is 0 Å². The number of nitrogens with zero attached hydrogens (tertiary/aromatic N) is 1. The van der Waals surface area contributed by atoms with Crippen LogP contribution >= 0.6 is 0 Å². The lowest BCUT2D eigenvalue weighted by Crippen LogP contribution is -2.52. The van der Waals surface area contributed by atoms with Crippen molar-refractivity contribution < 1.29 is 9.90 Å². The maximum absolute atomic E-state index is 11.6. The van der Waals surface area contributed by atoms with Crippen LogP contribution in [0.1, 0.15) is 64.4 Å². The molecule has 1 aromatic carbocycles. The second-order valence-electron chi connectivity index (χ2n) is 8.77. The fourth-order valence-corrected chi connectivity index (χ4v) is 4.41. The van der Waals surface area contributed by atoms with E-state index in [1.807, 2.05) is 20.8 Å². The predicted octanol–water partition coefficient (Wildman–Crippen LogP) is 4.47. The molecule has 0 bridgehead atoms. The highest BCUT2D eigenvalue weighted by atomic mass is 16.4. The minimum atomic E-state index is -0.780. The van der Waals surface area contributed by atoms with E-state index < -0.39 is 6.09 Å². The highest BCUT2D eigenvalue weighted by molar-refractivity contribution is 5.66. The van der Waals surface area contributed by atoms with Gasteiger partial charge in [-0.3, -0.25) is 0 Å². The molecule has 2 aliphatic rings. The monoisotopic (exact) mass is 344 g/mol. The first kappa shape index (κ1) is 18.2. The van der Waals surface area contributed by atoms with E-state index in [0.717, 1.165) is 32.2 Å². The van der Waals surface area contributed by atoms with Gasteiger partial charge in [-0.05, 0) is 70.9 Å². The van der Waals surface area contributed by atoms with Crippen LogP contribution in [0.4, 0.5) is 4.79 Å². The van der Waals surface area contributed by atoms with Crippen molar-refractivity contribution >= 4 is 6.09 Å². The number of nitrogens with one attached hydrogen (secondary N) is 1. The van der Waals surface area contributed by atoms with Gasteiger partial charge < -0.3 is 15.3 Å². The summed E-state index contributed by atoms with van der Waals surface area (Å²) in [4.78, 5) is 13.3. The average Bonchev–Trinajstić information content (AvgIpc) is 3.33. The summed E-state index contributed by atoms with van der Waals surface area (Å²) in [5, 5.41) is 13.3. The Bertz CT molecular complexity index is 573. The van der Waals surface area contributed by atoms with E-state index in [0.29, 0.717) is 17.9 Å². The third-order valence-electron chi connectivity index (χ3n) is 5.80. The van der Waals surface area contributed by atoms with Crippen molar-refractivity contribution in [2.24, 2.45) is 5.92 Å². The first-order valence-electron chi connectivity index (χ1n) is 9.67. The zero-order chi connectivity index (χ0) is 18.0. The summed E-state index contributed by atoms with van der Waals surface area (Å²) < 4.78 is 0. The van der Waals surface area contributed by atoms with E-state index >= 15 is 0 Å². The first-order valence-corrected chi connectivity index (χ1v) is 9.67. The number of carbonyl (C=O) groups is 1. The van der Waals surface area contributed by atoms with Crippen molar-refractivity contribution in [1.29, 1.82) is 0 Å². The number of benzene rings is 1. The van der Waals surface area contributed by atoms with Gasteiger partial charge in [-0.25, -0.2) is 4.79 Å². The second-order valence-corrected chi connectivity index (χ2v) is 8.77. The highest BCUT2D eigenvalue weighted by Gasteiger charge is 2.39. The quantitative estimate of drug-likeness (QED) is 0.828. The molecule has 0 radical (unpaired) electrons. The molecule has 1 amide bonds. The smallest absolute Gasteiger partial charge is 0.407 e. The molecule has 0 saturated heterocycles. The minimum absolute atomic E-state index is 0.173. The Hall–Kier alpha value is -1.55. The summed E-state index contributed by atoms with van der Waals surface area (Å²) in [6.07, 6.45) is 4.69. The minimum Gasteiger partial charge on any atom is -0.465 e. The Labute approximate surface area is 151 Å². The fourth-order valence-electron chi connectivity index (χ4n) is 4.41. The number of amides is 1. The molecule has 3 rings (SSSR count). The molecule has 0 aliphatic heterocycles. The molecule has 2 aliphatic carbocycles. The van der Waals surface area contributed by atoms with Gasteiger partial charge in [-0.2, -0.15) is 0 Å². The Morgan fingerprint density at radius 3 is 2.36 bits per heavy atom. The number of carboxylic acid groups (broad SMARTS) is 1. The summed E-state index contributed by atoms with van der Waals surface area (Å²) >= 11 is 0. The van der Waals surface area contributed by atoms with Gasteiger partial charge in [0.15, 0.2) is 0 Å². The molecule has 4 nitrogen and oxygen atoms in total. The molecular weight excluding hydrogens is 312 g/mol. The van der Waals surface area contributed by atoms with Gasteiger partial charge in [0.25, 0.3) is 0 Å². The normalized spacial score (nSPS) is 29.2. The zero-order valence-corrected chi connectivity index (χ0v) is 15.7. The molecule has 2 saturated carbocycles. The van der Waals surface area contributed by atoms with Gasteiger partial charge in [-0.15, -0.1) is 0 Å². The van der Waals surface area contributed by atoms with Crippen LogP contribution in [0.2, 0.25) is 0 Å². The third kappa shape index (κ3) is 4.55. The Morgan fingerprint density at radius 2 is 1.80 bits per heavy atom. The van der Waals surface area contributed by atoms with E-state index in [9.17, 15) is 9.90 Å². The van der Waals surface area contributed by atoms with Crippen molar-refractivity contribution in [2.45, 2.75) is 76.4 Å². The van der Waals surface area contributed by atoms with Gasteiger partial charge in [0.2, 0.25) is 0 Å². The van der Waals surface area contributed by atoms with Gasteiger partial charge in [0, 0.05) is 23.5 Å². The van der Waals surface area contributed by atoms with Gasteiger partial charge in [-0.1, -0.05) is 30.3 Å². The van der Waals surface area contributed by atoms with Crippen LogP contribution in [-0.2, 0) is 0 Å². The molecule has 0 spiro atoms. The number of rotatable bonds is 5. The molecular formula is C21H32N2O2. The Morgan fingerprint density at radius 1 is 1.16 bits per heavy atom. The summed E-state index contributed by atoms with van der Waals surface area (Å²) in [5.41, 5.74) is 1.13. The molecule has 2 fully saturated rings. The summed E-state index contributed by atoms with van der Waals surface area (Å²) in [6, 6.07) is 11.6. The maximum Gasteiger partial charge on any atom is 0.407 e. The molecule has 0 aromatic heterocycles. The SMILES string of the molecule is CC(C)(C)N(C(=O)O)[C@H]1CC[C@H](CN[C@@H]2C[C@H]2c2ccccc2)CC1. The number of hydrogen-bond donors (Lipinski definition) is 2. The lowest BCUT2D eigenvalue weighted by molar-refractivity contribution is 0.0504. The van der Waals surface area contributed by atoms with Crippen LogP contribution in [0.3, 0.4) is 0 Å². The fraction of sp³-hybridized carbons (Fsp3) is 0.667. The van der Waals surface area contributed by atoms with Crippen molar-refractivity contribution in [1.82, 2.24) is 10.2 Å². The van der Waals surface area contributed by atoms with Crippen molar-refractivity contribution in [3.63, 3.8) is 0 Å². The Kier molecular flexibility index (Phi) is 5.38. The third-order valence-corrected chi connectivity index (χ3v) is 5.80. The number of hydrogen-bond acceptors (Lipinski definition) is 2. The summed E-state index contributed by atoms with van der Waals surface area (Å²) in [6.45, 7) is 7.05. The van der Waals surface area contributed by atoms with E-state index in [4.69, 9.17) is 0 Å². The lowest BCUT2D eigenvalue weighted by atomic mass is 9.84. The Balaban J connectivity index is 1.42. The molecule has 4 heteroatoms.